The maximum Gasteiger partial charge on any atom is 0.416 e. The molecule has 2 nitrogen and oxygen atoms in total. The summed E-state index contributed by atoms with van der Waals surface area (Å²) in [7, 11) is 0. The van der Waals surface area contributed by atoms with Crippen molar-refractivity contribution < 1.29 is 22.7 Å². The fraction of sp³-hybridized carbons (Fsp3) is 0.364. The summed E-state index contributed by atoms with van der Waals surface area (Å²) in [6.07, 6.45) is -2.77. The first kappa shape index (κ1) is 13.9. The zero-order chi connectivity index (χ0) is 13.1. The minimum atomic E-state index is -4.46. The van der Waals surface area contributed by atoms with Crippen LogP contribution < -0.4 is 0 Å². The van der Waals surface area contributed by atoms with Gasteiger partial charge in [-0.05, 0) is 31.4 Å². The van der Waals surface area contributed by atoms with Gasteiger partial charge in [-0.1, -0.05) is 0 Å². The summed E-state index contributed by atoms with van der Waals surface area (Å²) in [4.78, 5) is 12.0. The number of hydrogen-bond acceptors (Lipinski definition) is 3. The van der Waals surface area contributed by atoms with Crippen LogP contribution in [0.2, 0.25) is 0 Å². The van der Waals surface area contributed by atoms with E-state index in [1.54, 1.807) is 13.2 Å². The van der Waals surface area contributed by atoms with E-state index in [1.807, 2.05) is 0 Å². The van der Waals surface area contributed by atoms with Gasteiger partial charge in [0.2, 0.25) is 0 Å². The number of thioether (sulfide) groups is 1. The predicted octanol–water partition coefficient (Wildman–Crippen LogP) is 3.60. The number of esters is 1. The highest BCUT2D eigenvalue weighted by atomic mass is 32.2. The van der Waals surface area contributed by atoms with Crippen LogP contribution in [0.4, 0.5) is 13.2 Å². The van der Waals surface area contributed by atoms with Crippen LogP contribution in [0, 0.1) is 0 Å². The lowest BCUT2D eigenvalue weighted by Gasteiger charge is -2.11. The lowest BCUT2D eigenvalue weighted by atomic mass is 10.1. The molecular weight excluding hydrogens is 253 g/mol. The average molecular weight is 264 g/mol. The zero-order valence-electron chi connectivity index (χ0n) is 9.30. The van der Waals surface area contributed by atoms with E-state index in [4.69, 9.17) is 4.74 Å². The van der Waals surface area contributed by atoms with E-state index in [2.05, 4.69) is 0 Å². The molecule has 17 heavy (non-hydrogen) atoms. The highest BCUT2D eigenvalue weighted by Crippen LogP contribution is 2.32. The molecule has 0 saturated carbocycles. The third-order valence-electron chi connectivity index (χ3n) is 2.02. The first-order valence-corrected chi connectivity index (χ1v) is 6.05. The molecule has 0 aromatic heterocycles. The molecule has 0 heterocycles. The molecule has 0 saturated heterocycles. The van der Waals surface area contributed by atoms with Gasteiger partial charge in [0.1, 0.15) is 0 Å². The second-order valence-corrected chi connectivity index (χ2v) is 3.98. The maximum absolute atomic E-state index is 12.5. The third-order valence-corrected chi connectivity index (χ3v) is 2.82. The molecule has 0 unspecified atom stereocenters. The third kappa shape index (κ3) is 3.39. The molecule has 1 aromatic rings. The van der Waals surface area contributed by atoms with Crippen molar-refractivity contribution in [2.45, 2.75) is 18.0 Å². The second kappa shape index (κ2) is 5.44. The van der Waals surface area contributed by atoms with Gasteiger partial charge in [0.25, 0.3) is 0 Å². The Balaban J connectivity index is 3.20. The predicted molar refractivity (Wildman–Crippen MR) is 59.2 cm³/mol. The quantitative estimate of drug-likeness (QED) is 0.616. The number of ether oxygens (including phenoxy) is 1. The molecule has 0 aliphatic carbocycles. The number of halogens is 3. The van der Waals surface area contributed by atoms with Crippen LogP contribution in [0.5, 0.6) is 0 Å². The van der Waals surface area contributed by atoms with Crippen molar-refractivity contribution in [3.63, 3.8) is 0 Å². The Morgan fingerprint density at radius 3 is 2.53 bits per heavy atom. The Bertz CT molecular complexity index is 416. The number of benzene rings is 1. The van der Waals surface area contributed by atoms with Gasteiger partial charge in [-0.15, -0.1) is 11.8 Å². The Morgan fingerprint density at radius 2 is 2.06 bits per heavy atom. The van der Waals surface area contributed by atoms with Gasteiger partial charge in [-0.25, -0.2) is 4.79 Å². The van der Waals surface area contributed by atoms with Gasteiger partial charge in [0, 0.05) is 4.90 Å². The van der Waals surface area contributed by atoms with Crippen LogP contribution in [0.3, 0.4) is 0 Å². The van der Waals surface area contributed by atoms with Gasteiger partial charge in [-0.2, -0.15) is 13.2 Å². The smallest absolute Gasteiger partial charge is 0.416 e. The van der Waals surface area contributed by atoms with Crippen molar-refractivity contribution >= 4 is 17.7 Å². The molecule has 0 bridgehead atoms. The van der Waals surface area contributed by atoms with Crippen LogP contribution in [0.1, 0.15) is 22.8 Å². The van der Waals surface area contributed by atoms with Gasteiger partial charge < -0.3 is 4.74 Å². The minimum absolute atomic E-state index is 0.0471. The summed E-state index contributed by atoms with van der Waals surface area (Å²) in [6.45, 7) is 1.73. The topological polar surface area (TPSA) is 26.3 Å². The summed E-state index contributed by atoms with van der Waals surface area (Å²) < 4.78 is 42.2. The molecule has 0 atom stereocenters. The van der Waals surface area contributed by atoms with Crippen molar-refractivity contribution in [2.24, 2.45) is 0 Å². The van der Waals surface area contributed by atoms with Crippen molar-refractivity contribution in [1.29, 1.82) is 0 Å². The standard InChI is InChI=1S/C11H11F3O2S/c1-3-16-10(15)8-6-7(11(12,13)14)4-5-9(8)17-2/h4-6H,3H2,1-2H3. The molecule has 6 heteroatoms. The van der Waals surface area contributed by atoms with E-state index >= 15 is 0 Å². The van der Waals surface area contributed by atoms with Crippen LogP contribution in [-0.4, -0.2) is 18.8 Å². The highest BCUT2D eigenvalue weighted by Gasteiger charge is 2.31. The van der Waals surface area contributed by atoms with Crippen molar-refractivity contribution in [3.8, 4) is 0 Å². The number of carbonyl (C=O) groups is 1. The van der Waals surface area contributed by atoms with E-state index in [0.29, 0.717) is 4.90 Å². The molecule has 0 amide bonds. The highest BCUT2D eigenvalue weighted by molar-refractivity contribution is 7.98. The van der Waals surface area contributed by atoms with Crippen LogP contribution >= 0.6 is 11.8 Å². The Kier molecular flexibility index (Phi) is 4.45. The molecule has 1 rings (SSSR count). The molecule has 1 aromatic carbocycles. The first-order chi connectivity index (χ1) is 7.90. The molecule has 94 valence electrons. The Morgan fingerprint density at radius 1 is 1.41 bits per heavy atom. The van der Waals surface area contributed by atoms with Crippen LogP contribution in [0.25, 0.3) is 0 Å². The number of rotatable bonds is 3. The van der Waals surface area contributed by atoms with E-state index in [9.17, 15) is 18.0 Å². The first-order valence-electron chi connectivity index (χ1n) is 4.82. The number of hydrogen-bond donors (Lipinski definition) is 0. The minimum Gasteiger partial charge on any atom is -0.462 e. The molecule has 0 spiro atoms. The van der Waals surface area contributed by atoms with E-state index in [1.165, 1.54) is 17.8 Å². The summed E-state index contributed by atoms with van der Waals surface area (Å²) in [5.41, 5.74) is -0.896. The van der Waals surface area contributed by atoms with E-state index in [-0.39, 0.29) is 12.2 Å². The van der Waals surface area contributed by atoms with Gasteiger partial charge in [0.05, 0.1) is 17.7 Å². The molecule has 0 aliphatic heterocycles. The number of alkyl halides is 3. The lowest BCUT2D eigenvalue weighted by Crippen LogP contribution is -2.10. The van der Waals surface area contributed by atoms with Crippen molar-refractivity contribution in [3.05, 3.63) is 29.3 Å². The Labute approximate surface area is 101 Å². The number of carbonyl (C=O) groups excluding carboxylic acids is 1. The average Bonchev–Trinajstić information content (AvgIpc) is 2.27. The van der Waals surface area contributed by atoms with Crippen molar-refractivity contribution in [1.82, 2.24) is 0 Å². The van der Waals surface area contributed by atoms with E-state index < -0.39 is 17.7 Å². The zero-order valence-corrected chi connectivity index (χ0v) is 10.1. The SMILES string of the molecule is CCOC(=O)c1cc(C(F)(F)F)ccc1SC. The fourth-order valence-corrected chi connectivity index (χ4v) is 1.82. The van der Waals surface area contributed by atoms with Gasteiger partial charge in [-0.3, -0.25) is 0 Å². The van der Waals surface area contributed by atoms with Crippen molar-refractivity contribution in [2.75, 3.05) is 12.9 Å². The van der Waals surface area contributed by atoms with Gasteiger partial charge >= 0.3 is 12.1 Å². The summed E-state index contributed by atoms with van der Waals surface area (Å²) in [5.74, 6) is -0.733. The molecular formula is C11H11F3O2S. The normalized spacial score (nSPS) is 11.4. The fourth-order valence-electron chi connectivity index (χ4n) is 1.25. The maximum atomic E-state index is 12.5. The summed E-state index contributed by atoms with van der Waals surface area (Å²) >= 11 is 1.20. The van der Waals surface area contributed by atoms with Gasteiger partial charge in [0.15, 0.2) is 0 Å². The molecule has 0 N–H and O–H groups in total. The lowest BCUT2D eigenvalue weighted by molar-refractivity contribution is -0.137. The van der Waals surface area contributed by atoms with Crippen LogP contribution in [0.15, 0.2) is 23.1 Å². The second-order valence-electron chi connectivity index (χ2n) is 3.13. The monoisotopic (exact) mass is 264 g/mol. The molecule has 0 fully saturated rings. The van der Waals surface area contributed by atoms with E-state index in [0.717, 1.165) is 12.1 Å². The summed E-state index contributed by atoms with van der Waals surface area (Å²) in [6, 6.07) is 3.05. The molecule has 0 radical (unpaired) electrons. The van der Waals surface area contributed by atoms with Crippen LogP contribution in [-0.2, 0) is 10.9 Å². The molecule has 0 aliphatic rings. The largest absolute Gasteiger partial charge is 0.462 e. The summed E-state index contributed by atoms with van der Waals surface area (Å²) in [5, 5.41) is 0. The Hall–Kier alpha value is -1.17.